The lowest BCUT2D eigenvalue weighted by atomic mass is 9.98. The summed E-state index contributed by atoms with van der Waals surface area (Å²) in [7, 11) is 0. The SMILES string of the molecule is O=C(NC(CC(F)F)C(=O)N1CC(C(=O)O)C1)OCC1c2ccccc2-c2ccccc21. The van der Waals surface area contributed by atoms with Gasteiger partial charge in [-0.2, -0.15) is 0 Å². The van der Waals surface area contributed by atoms with Crippen LogP contribution in [0.2, 0.25) is 0 Å². The molecule has 0 spiro atoms. The fraction of sp³-hybridized carbons (Fsp3) is 0.348. The molecule has 32 heavy (non-hydrogen) atoms. The predicted molar refractivity (Wildman–Crippen MR) is 110 cm³/mol. The number of amides is 2. The first-order valence-corrected chi connectivity index (χ1v) is 10.3. The molecule has 2 N–H and O–H groups in total. The second-order valence-corrected chi connectivity index (χ2v) is 7.93. The van der Waals surface area contributed by atoms with E-state index in [1.807, 2.05) is 48.5 Å². The Morgan fingerprint density at radius 1 is 1.03 bits per heavy atom. The third-order valence-electron chi connectivity index (χ3n) is 5.89. The van der Waals surface area contributed by atoms with Crippen LogP contribution in [-0.2, 0) is 14.3 Å². The summed E-state index contributed by atoms with van der Waals surface area (Å²) in [6.07, 6.45) is -4.67. The van der Waals surface area contributed by atoms with Crippen LogP contribution in [0.4, 0.5) is 13.6 Å². The average molecular weight is 444 g/mol. The number of fused-ring (bicyclic) bond motifs is 3. The number of hydrogen-bond donors (Lipinski definition) is 2. The van der Waals surface area contributed by atoms with E-state index in [2.05, 4.69) is 5.32 Å². The summed E-state index contributed by atoms with van der Waals surface area (Å²) in [4.78, 5) is 36.9. The van der Waals surface area contributed by atoms with Crippen molar-refractivity contribution in [3.63, 3.8) is 0 Å². The van der Waals surface area contributed by atoms with E-state index in [4.69, 9.17) is 9.84 Å². The highest BCUT2D eigenvalue weighted by atomic mass is 19.3. The highest BCUT2D eigenvalue weighted by molar-refractivity contribution is 5.88. The number of hydrogen-bond acceptors (Lipinski definition) is 4. The smallest absolute Gasteiger partial charge is 0.407 e. The van der Waals surface area contributed by atoms with Gasteiger partial charge in [0, 0.05) is 25.4 Å². The van der Waals surface area contributed by atoms with Crippen LogP contribution in [0.1, 0.15) is 23.5 Å². The van der Waals surface area contributed by atoms with E-state index in [0.29, 0.717) is 0 Å². The van der Waals surface area contributed by atoms with Gasteiger partial charge in [-0.25, -0.2) is 13.6 Å². The van der Waals surface area contributed by atoms with Gasteiger partial charge in [-0.3, -0.25) is 9.59 Å². The minimum absolute atomic E-state index is 0.0136. The van der Waals surface area contributed by atoms with Crippen LogP contribution in [0.3, 0.4) is 0 Å². The molecule has 7 nitrogen and oxygen atoms in total. The zero-order chi connectivity index (χ0) is 22.8. The number of carbonyl (C=O) groups is 3. The monoisotopic (exact) mass is 444 g/mol. The lowest BCUT2D eigenvalue weighted by Crippen LogP contribution is -2.59. The minimum Gasteiger partial charge on any atom is -0.481 e. The largest absolute Gasteiger partial charge is 0.481 e. The first kappa shape index (κ1) is 21.7. The van der Waals surface area contributed by atoms with Gasteiger partial charge >= 0.3 is 12.1 Å². The Bertz CT molecular complexity index is 993. The van der Waals surface area contributed by atoms with Crippen molar-refractivity contribution in [2.24, 2.45) is 5.92 Å². The number of rotatable bonds is 7. The minimum atomic E-state index is -2.82. The summed E-state index contributed by atoms with van der Waals surface area (Å²) in [6.45, 7) is -0.152. The van der Waals surface area contributed by atoms with Crippen LogP contribution in [0.25, 0.3) is 11.1 Å². The first-order chi connectivity index (χ1) is 15.3. The standard InChI is InChI=1S/C23H22F2N2O5/c24-20(25)9-19(21(28)27-10-13(11-27)22(29)30)26-23(31)32-12-18-16-7-3-1-5-14(16)15-6-2-4-8-17(15)18/h1-8,13,18-20H,9-12H2,(H,26,31)(H,29,30). The molecule has 1 fully saturated rings. The highest BCUT2D eigenvalue weighted by Crippen LogP contribution is 2.44. The Morgan fingerprint density at radius 3 is 2.12 bits per heavy atom. The van der Waals surface area contributed by atoms with E-state index in [-0.39, 0.29) is 25.6 Å². The predicted octanol–water partition coefficient (Wildman–Crippen LogP) is 3.09. The van der Waals surface area contributed by atoms with Crippen molar-refractivity contribution in [1.82, 2.24) is 10.2 Å². The molecule has 1 heterocycles. The lowest BCUT2D eigenvalue weighted by molar-refractivity contribution is -0.154. The van der Waals surface area contributed by atoms with Crippen molar-refractivity contribution in [2.75, 3.05) is 19.7 Å². The van der Waals surface area contributed by atoms with E-state index in [1.54, 1.807) is 0 Å². The number of aliphatic carboxylic acids is 1. The maximum atomic E-state index is 13.0. The van der Waals surface area contributed by atoms with Gasteiger partial charge < -0.3 is 20.1 Å². The van der Waals surface area contributed by atoms with Crippen molar-refractivity contribution < 1.29 is 33.0 Å². The number of ether oxygens (including phenoxy) is 1. The highest BCUT2D eigenvalue weighted by Gasteiger charge is 2.39. The molecule has 0 saturated carbocycles. The summed E-state index contributed by atoms with van der Waals surface area (Å²) in [5, 5.41) is 11.2. The molecule has 2 aromatic carbocycles. The van der Waals surface area contributed by atoms with Crippen LogP contribution >= 0.6 is 0 Å². The molecule has 2 amide bonds. The topological polar surface area (TPSA) is 95.9 Å². The van der Waals surface area contributed by atoms with Crippen molar-refractivity contribution in [3.8, 4) is 11.1 Å². The van der Waals surface area contributed by atoms with Crippen molar-refractivity contribution in [3.05, 3.63) is 59.7 Å². The molecular weight excluding hydrogens is 422 g/mol. The molecule has 0 radical (unpaired) electrons. The number of alkyl carbamates (subject to hydrolysis) is 1. The second-order valence-electron chi connectivity index (χ2n) is 7.93. The van der Waals surface area contributed by atoms with E-state index in [1.165, 1.54) is 0 Å². The molecule has 1 atom stereocenters. The molecular formula is C23H22F2N2O5. The van der Waals surface area contributed by atoms with Crippen LogP contribution in [0.5, 0.6) is 0 Å². The Morgan fingerprint density at radius 2 is 1.59 bits per heavy atom. The van der Waals surface area contributed by atoms with Crippen LogP contribution in [-0.4, -0.2) is 60.1 Å². The van der Waals surface area contributed by atoms with Gasteiger partial charge in [-0.15, -0.1) is 0 Å². The molecule has 1 unspecified atom stereocenters. The van der Waals surface area contributed by atoms with Gasteiger partial charge in [-0.05, 0) is 22.3 Å². The number of nitrogens with one attached hydrogen (secondary N) is 1. The van der Waals surface area contributed by atoms with Gasteiger partial charge in [-0.1, -0.05) is 48.5 Å². The second kappa shape index (κ2) is 8.94. The Balaban J connectivity index is 1.40. The Kier molecular flexibility index (Phi) is 6.07. The van der Waals surface area contributed by atoms with Crippen molar-refractivity contribution >= 4 is 18.0 Å². The molecule has 1 aliphatic heterocycles. The Hall–Kier alpha value is -3.49. The van der Waals surface area contributed by atoms with Crippen molar-refractivity contribution in [1.29, 1.82) is 0 Å². The van der Waals surface area contributed by atoms with E-state index in [0.717, 1.165) is 27.2 Å². The van der Waals surface area contributed by atoms with Gasteiger partial charge in [0.1, 0.15) is 12.6 Å². The summed E-state index contributed by atoms with van der Waals surface area (Å²) in [5.74, 6) is -2.72. The molecule has 0 aromatic heterocycles. The zero-order valence-electron chi connectivity index (χ0n) is 17.0. The summed E-state index contributed by atoms with van der Waals surface area (Å²) >= 11 is 0. The molecule has 0 bridgehead atoms. The van der Waals surface area contributed by atoms with E-state index < -0.39 is 42.8 Å². The van der Waals surface area contributed by atoms with Gasteiger partial charge in [0.15, 0.2) is 0 Å². The summed E-state index contributed by atoms with van der Waals surface area (Å²) < 4.78 is 31.3. The van der Waals surface area contributed by atoms with Crippen molar-refractivity contribution in [2.45, 2.75) is 24.8 Å². The third kappa shape index (κ3) is 4.28. The maximum absolute atomic E-state index is 13.0. The lowest BCUT2D eigenvalue weighted by Gasteiger charge is -2.38. The van der Waals surface area contributed by atoms with Gasteiger partial charge in [0.05, 0.1) is 5.92 Å². The van der Waals surface area contributed by atoms with Gasteiger partial charge in [0.25, 0.3) is 0 Å². The summed E-state index contributed by atoms with van der Waals surface area (Å²) in [5.41, 5.74) is 4.10. The number of carboxylic acids is 1. The molecule has 2 aliphatic rings. The average Bonchev–Trinajstić information content (AvgIpc) is 3.04. The fourth-order valence-electron chi connectivity index (χ4n) is 4.22. The molecule has 1 saturated heterocycles. The maximum Gasteiger partial charge on any atom is 0.407 e. The third-order valence-corrected chi connectivity index (χ3v) is 5.89. The fourth-order valence-corrected chi connectivity index (χ4v) is 4.22. The Labute approximate surface area is 183 Å². The number of alkyl halides is 2. The van der Waals surface area contributed by atoms with Crippen LogP contribution < -0.4 is 5.32 Å². The first-order valence-electron chi connectivity index (χ1n) is 10.3. The molecule has 4 rings (SSSR count). The van der Waals surface area contributed by atoms with E-state index in [9.17, 15) is 23.2 Å². The van der Waals surface area contributed by atoms with Crippen LogP contribution in [0.15, 0.2) is 48.5 Å². The quantitative estimate of drug-likeness (QED) is 0.684. The molecule has 2 aromatic rings. The number of carbonyl (C=O) groups excluding carboxylic acids is 2. The normalized spacial score (nSPS) is 16.2. The summed E-state index contributed by atoms with van der Waals surface area (Å²) in [6, 6.07) is 14.0. The molecule has 1 aliphatic carbocycles. The number of halogens is 2. The van der Waals surface area contributed by atoms with Gasteiger partial charge in [0.2, 0.25) is 12.3 Å². The number of carboxylic acid groups (broad SMARTS) is 1. The number of nitrogens with zero attached hydrogens (tertiary/aromatic N) is 1. The van der Waals surface area contributed by atoms with E-state index >= 15 is 0 Å². The molecule has 168 valence electrons. The zero-order valence-corrected chi connectivity index (χ0v) is 17.0. The number of likely N-dealkylation sites (tertiary alicyclic amines) is 1. The molecule has 9 heteroatoms. The van der Waals surface area contributed by atoms with Crippen LogP contribution in [0, 0.1) is 5.92 Å². The number of benzene rings is 2.